The van der Waals surface area contributed by atoms with Crippen LogP contribution in [0, 0.1) is 0 Å². The van der Waals surface area contributed by atoms with Gasteiger partial charge in [-0.2, -0.15) is 0 Å². The van der Waals surface area contributed by atoms with Gasteiger partial charge in [0.25, 0.3) is 0 Å². The van der Waals surface area contributed by atoms with Crippen LogP contribution in [0.2, 0.25) is 0 Å². The predicted molar refractivity (Wildman–Crippen MR) is 85.5 cm³/mol. The number of carbonyl (C=O) groups is 2. The number of thiophene rings is 1. The van der Waals surface area contributed by atoms with E-state index in [-0.39, 0.29) is 5.97 Å². The van der Waals surface area contributed by atoms with Crippen LogP contribution in [-0.4, -0.2) is 11.9 Å². The molecule has 0 fully saturated rings. The monoisotopic (exact) mass is 318 g/mol. The second kappa shape index (κ2) is 8.34. The van der Waals surface area contributed by atoms with E-state index in [0.717, 1.165) is 19.3 Å². The summed E-state index contributed by atoms with van der Waals surface area (Å²) in [6, 6.07) is 10.0. The zero-order valence-electron chi connectivity index (χ0n) is 12.4. The van der Waals surface area contributed by atoms with E-state index in [4.69, 9.17) is 9.47 Å². The average Bonchev–Trinajstić information content (AvgIpc) is 3.02. The number of hydrogen-bond acceptors (Lipinski definition) is 5. The summed E-state index contributed by atoms with van der Waals surface area (Å²) in [5, 5.41) is 1.81. The highest BCUT2D eigenvalue weighted by Gasteiger charge is 2.11. The molecule has 0 radical (unpaired) electrons. The molecule has 0 aliphatic carbocycles. The highest BCUT2D eigenvalue weighted by atomic mass is 32.1. The van der Waals surface area contributed by atoms with E-state index in [1.165, 1.54) is 11.3 Å². The summed E-state index contributed by atoms with van der Waals surface area (Å²) in [7, 11) is 0. The summed E-state index contributed by atoms with van der Waals surface area (Å²) in [6.45, 7) is 2.08. The first-order chi connectivity index (χ1) is 10.7. The van der Waals surface area contributed by atoms with Crippen molar-refractivity contribution in [2.24, 2.45) is 0 Å². The fraction of sp³-hybridized carbons (Fsp3) is 0.294. The molecule has 0 bridgehead atoms. The van der Waals surface area contributed by atoms with Crippen LogP contribution in [0.1, 0.15) is 42.3 Å². The Kier molecular flexibility index (Phi) is 6.15. The molecule has 22 heavy (non-hydrogen) atoms. The van der Waals surface area contributed by atoms with Crippen molar-refractivity contribution in [2.45, 2.75) is 32.6 Å². The molecule has 0 unspecified atom stereocenters. The van der Waals surface area contributed by atoms with Crippen molar-refractivity contribution in [1.82, 2.24) is 0 Å². The molecule has 0 atom stereocenters. The van der Waals surface area contributed by atoms with Gasteiger partial charge in [0.2, 0.25) is 0 Å². The van der Waals surface area contributed by atoms with Crippen LogP contribution in [0.25, 0.3) is 0 Å². The molecular weight excluding hydrogens is 300 g/mol. The minimum absolute atomic E-state index is 0.268. The van der Waals surface area contributed by atoms with Gasteiger partial charge in [0.1, 0.15) is 16.4 Å². The second-order valence-corrected chi connectivity index (χ2v) is 5.72. The summed E-state index contributed by atoms with van der Waals surface area (Å²) in [5.74, 6) is 0.0619. The molecule has 0 aliphatic heterocycles. The Labute approximate surface area is 133 Å². The minimum atomic E-state index is -0.415. The number of unbranched alkanes of at least 4 members (excludes halogenated alkanes) is 2. The first kappa shape index (κ1) is 16.2. The van der Waals surface area contributed by atoms with Crippen LogP contribution in [0.15, 0.2) is 41.8 Å². The molecule has 0 aliphatic rings. The van der Waals surface area contributed by atoms with Gasteiger partial charge in [-0.25, -0.2) is 4.79 Å². The number of benzene rings is 1. The SMILES string of the molecule is CCCCCC(=O)Oc1cccc(OC(=O)c2cccs2)c1. The maximum atomic E-state index is 11.9. The van der Waals surface area contributed by atoms with E-state index >= 15 is 0 Å². The standard InChI is InChI=1S/C17H18O4S/c1-2-3-4-10-16(18)20-13-7-5-8-14(12-13)21-17(19)15-9-6-11-22-15/h5-9,11-12H,2-4,10H2,1H3. The number of hydrogen-bond donors (Lipinski definition) is 0. The third-order valence-electron chi connectivity index (χ3n) is 2.95. The zero-order chi connectivity index (χ0) is 15.8. The fourth-order valence-electron chi connectivity index (χ4n) is 1.86. The van der Waals surface area contributed by atoms with Gasteiger partial charge >= 0.3 is 11.9 Å². The number of ether oxygens (including phenoxy) is 2. The Balaban J connectivity index is 1.92. The number of esters is 2. The van der Waals surface area contributed by atoms with Crippen molar-refractivity contribution in [3.05, 3.63) is 46.7 Å². The van der Waals surface area contributed by atoms with Gasteiger partial charge in [-0.3, -0.25) is 4.79 Å². The maximum absolute atomic E-state index is 11.9. The summed E-state index contributed by atoms with van der Waals surface area (Å²) in [5.41, 5.74) is 0. The first-order valence-corrected chi connectivity index (χ1v) is 8.13. The molecule has 2 rings (SSSR count). The van der Waals surface area contributed by atoms with Crippen molar-refractivity contribution in [1.29, 1.82) is 0 Å². The molecule has 2 aromatic rings. The lowest BCUT2D eigenvalue weighted by atomic mass is 10.2. The van der Waals surface area contributed by atoms with Crippen molar-refractivity contribution < 1.29 is 19.1 Å². The van der Waals surface area contributed by atoms with E-state index in [0.29, 0.717) is 22.8 Å². The minimum Gasteiger partial charge on any atom is -0.426 e. The van der Waals surface area contributed by atoms with Crippen LogP contribution in [0.5, 0.6) is 11.5 Å². The molecule has 1 aromatic carbocycles. The highest BCUT2D eigenvalue weighted by Crippen LogP contribution is 2.22. The van der Waals surface area contributed by atoms with Gasteiger partial charge < -0.3 is 9.47 Å². The number of rotatable bonds is 7. The molecular formula is C17H18O4S. The lowest BCUT2D eigenvalue weighted by Gasteiger charge is -2.07. The van der Waals surface area contributed by atoms with Crippen molar-refractivity contribution in [3.63, 3.8) is 0 Å². The predicted octanol–water partition coefficient (Wildman–Crippen LogP) is 4.45. The summed E-state index contributed by atoms with van der Waals surface area (Å²) in [6.07, 6.45) is 3.28. The van der Waals surface area contributed by atoms with Crippen molar-refractivity contribution in [3.8, 4) is 11.5 Å². The number of carbonyl (C=O) groups excluding carboxylic acids is 2. The Bertz CT molecular complexity index is 619. The van der Waals surface area contributed by atoms with E-state index in [1.807, 2.05) is 5.38 Å². The molecule has 0 spiro atoms. The van der Waals surface area contributed by atoms with E-state index in [2.05, 4.69) is 6.92 Å². The summed E-state index contributed by atoms with van der Waals surface area (Å²) >= 11 is 1.32. The summed E-state index contributed by atoms with van der Waals surface area (Å²) < 4.78 is 10.5. The quantitative estimate of drug-likeness (QED) is 0.430. The second-order valence-electron chi connectivity index (χ2n) is 4.77. The van der Waals surface area contributed by atoms with Crippen LogP contribution < -0.4 is 9.47 Å². The molecule has 1 heterocycles. The van der Waals surface area contributed by atoms with Gasteiger partial charge in [0, 0.05) is 12.5 Å². The maximum Gasteiger partial charge on any atom is 0.353 e. The van der Waals surface area contributed by atoms with E-state index in [9.17, 15) is 9.59 Å². The normalized spacial score (nSPS) is 10.2. The Hall–Kier alpha value is -2.14. The van der Waals surface area contributed by atoms with Crippen LogP contribution in [0.3, 0.4) is 0 Å². The van der Waals surface area contributed by atoms with Gasteiger partial charge in [0.05, 0.1) is 0 Å². The van der Waals surface area contributed by atoms with Gasteiger partial charge in [0.15, 0.2) is 0 Å². The largest absolute Gasteiger partial charge is 0.426 e. The van der Waals surface area contributed by atoms with E-state index < -0.39 is 5.97 Å². The lowest BCUT2D eigenvalue weighted by molar-refractivity contribution is -0.134. The van der Waals surface area contributed by atoms with Crippen molar-refractivity contribution >= 4 is 23.3 Å². The molecule has 5 heteroatoms. The van der Waals surface area contributed by atoms with E-state index in [1.54, 1.807) is 36.4 Å². The smallest absolute Gasteiger partial charge is 0.353 e. The molecule has 0 N–H and O–H groups in total. The molecule has 0 saturated carbocycles. The lowest BCUT2D eigenvalue weighted by Crippen LogP contribution is -2.09. The van der Waals surface area contributed by atoms with Gasteiger partial charge in [-0.15, -0.1) is 11.3 Å². The highest BCUT2D eigenvalue weighted by molar-refractivity contribution is 7.12. The zero-order valence-corrected chi connectivity index (χ0v) is 13.2. The molecule has 0 amide bonds. The molecule has 116 valence electrons. The van der Waals surface area contributed by atoms with Crippen molar-refractivity contribution in [2.75, 3.05) is 0 Å². The van der Waals surface area contributed by atoms with Crippen LogP contribution >= 0.6 is 11.3 Å². The Morgan fingerprint density at radius 2 is 1.82 bits per heavy atom. The van der Waals surface area contributed by atoms with Gasteiger partial charge in [-0.1, -0.05) is 31.9 Å². The third-order valence-corrected chi connectivity index (χ3v) is 3.80. The van der Waals surface area contributed by atoms with Gasteiger partial charge in [-0.05, 0) is 30.0 Å². The molecule has 1 aromatic heterocycles. The van der Waals surface area contributed by atoms with Crippen LogP contribution in [-0.2, 0) is 4.79 Å². The first-order valence-electron chi connectivity index (χ1n) is 7.25. The van der Waals surface area contributed by atoms with Crippen LogP contribution in [0.4, 0.5) is 0 Å². The average molecular weight is 318 g/mol. The Morgan fingerprint density at radius 1 is 1.05 bits per heavy atom. The molecule has 0 saturated heterocycles. The molecule has 4 nitrogen and oxygen atoms in total. The third kappa shape index (κ3) is 5.00. The summed E-state index contributed by atoms with van der Waals surface area (Å²) in [4.78, 5) is 24.1. The Morgan fingerprint density at radius 3 is 2.50 bits per heavy atom. The fourth-order valence-corrected chi connectivity index (χ4v) is 2.45. The topological polar surface area (TPSA) is 52.6 Å².